The third kappa shape index (κ3) is 3.14. The van der Waals surface area contributed by atoms with Crippen molar-refractivity contribution >= 4 is 17.4 Å². The van der Waals surface area contributed by atoms with E-state index in [1.54, 1.807) is 18.6 Å². The Labute approximate surface area is 89.9 Å². The molecule has 78 valence electrons. The second-order valence-electron chi connectivity index (χ2n) is 3.57. The summed E-state index contributed by atoms with van der Waals surface area (Å²) >= 11 is 5.75. The van der Waals surface area contributed by atoms with Crippen molar-refractivity contribution in [2.45, 2.75) is 32.2 Å². The van der Waals surface area contributed by atoms with Crippen molar-refractivity contribution < 1.29 is 0 Å². The van der Waals surface area contributed by atoms with Crippen LogP contribution in [0.3, 0.4) is 0 Å². The van der Waals surface area contributed by atoms with Crippen LogP contribution in [0.1, 0.15) is 26.7 Å². The predicted molar refractivity (Wildman–Crippen MR) is 59.7 cm³/mol. The molecule has 1 atom stereocenters. The maximum atomic E-state index is 5.75. The molecule has 0 radical (unpaired) electrons. The first-order valence-corrected chi connectivity index (χ1v) is 5.34. The van der Waals surface area contributed by atoms with Crippen molar-refractivity contribution in [3.8, 4) is 0 Å². The molecule has 14 heavy (non-hydrogen) atoms. The van der Waals surface area contributed by atoms with Crippen LogP contribution in [0.4, 0.5) is 5.82 Å². The zero-order valence-electron chi connectivity index (χ0n) is 8.63. The third-order valence-electron chi connectivity index (χ3n) is 2.42. The van der Waals surface area contributed by atoms with E-state index in [4.69, 9.17) is 11.6 Å². The maximum absolute atomic E-state index is 5.75. The first-order chi connectivity index (χ1) is 6.70. The van der Waals surface area contributed by atoms with Gasteiger partial charge in [0.15, 0.2) is 0 Å². The Bertz CT molecular complexity index is 265. The number of halogens is 1. The SMILES string of the molecule is CCC(C)(CCCl)Nc1cnccn1. The van der Waals surface area contributed by atoms with E-state index >= 15 is 0 Å². The summed E-state index contributed by atoms with van der Waals surface area (Å²) in [5.41, 5.74) is 0.0117. The largest absolute Gasteiger partial charge is 0.364 e. The minimum atomic E-state index is 0.0117. The molecule has 1 aromatic heterocycles. The fourth-order valence-corrected chi connectivity index (χ4v) is 1.63. The molecule has 0 aliphatic heterocycles. The number of anilines is 1. The maximum Gasteiger partial charge on any atom is 0.144 e. The molecule has 1 N–H and O–H groups in total. The van der Waals surface area contributed by atoms with E-state index in [0.717, 1.165) is 18.7 Å². The predicted octanol–water partition coefficient (Wildman–Crippen LogP) is 2.69. The van der Waals surface area contributed by atoms with Crippen LogP contribution in [-0.4, -0.2) is 21.4 Å². The van der Waals surface area contributed by atoms with Crippen molar-refractivity contribution in [3.63, 3.8) is 0 Å². The molecule has 1 aromatic rings. The second kappa shape index (κ2) is 5.15. The van der Waals surface area contributed by atoms with Crippen LogP contribution in [0, 0.1) is 0 Å². The molecule has 4 heteroatoms. The number of hydrogen-bond acceptors (Lipinski definition) is 3. The lowest BCUT2D eigenvalue weighted by atomic mass is 9.95. The van der Waals surface area contributed by atoms with Crippen LogP contribution in [0.2, 0.25) is 0 Å². The van der Waals surface area contributed by atoms with Crippen molar-refractivity contribution in [3.05, 3.63) is 18.6 Å². The Hall–Kier alpha value is -0.830. The van der Waals surface area contributed by atoms with Crippen LogP contribution < -0.4 is 5.32 Å². The molecule has 0 aliphatic carbocycles. The van der Waals surface area contributed by atoms with Crippen LogP contribution in [0.15, 0.2) is 18.6 Å². The van der Waals surface area contributed by atoms with E-state index in [0.29, 0.717) is 5.88 Å². The molecule has 1 rings (SSSR count). The van der Waals surface area contributed by atoms with Gasteiger partial charge in [-0.25, -0.2) is 4.98 Å². The molecule has 0 saturated carbocycles. The van der Waals surface area contributed by atoms with Gasteiger partial charge >= 0.3 is 0 Å². The zero-order valence-corrected chi connectivity index (χ0v) is 9.38. The number of hydrogen-bond donors (Lipinski definition) is 1. The van der Waals surface area contributed by atoms with E-state index in [1.165, 1.54) is 0 Å². The van der Waals surface area contributed by atoms with Gasteiger partial charge in [0.25, 0.3) is 0 Å². The minimum absolute atomic E-state index is 0.0117. The van der Waals surface area contributed by atoms with Crippen LogP contribution in [0.25, 0.3) is 0 Å². The molecular formula is C10H16ClN3. The lowest BCUT2D eigenvalue weighted by Crippen LogP contribution is -2.34. The summed E-state index contributed by atoms with van der Waals surface area (Å²) < 4.78 is 0. The normalized spacial score (nSPS) is 14.8. The molecule has 1 heterocycles. The molecule has 0 bridgehead atoms. The summed E-state index contributed by atoms with van der Waals surface area (Å²) in [7, 11) is 0. The number of nitrogens with zero attached hydrogens (tertiary/aromatic N) is 2. The van der Waals surface area contributed by atoms with Gasteiger partial charge in [-0.3, -0.25) is 4.98 Å². The quantitative estimate of drug-likeness (QED) is 0.765. The topological polar surface area (TPSA) is 37.8 Å². The molecule has 0 saturated heterocycles. The molecular weight excluding hydrogens is 198 g/mol. The lowest BCUT2D eigenvalue weighted by Gasteiger charge is -2.29. The highest BCUT2D eigenvalue weighted by atomic mass is 35.5. The second-order valence-corrected chi connectivity index (χ2v) is 3.95. The fourth-order valence-electron chi connectivity index (χ4n) is 1.21. The Balaban J connectivity index is 2.65. The highest BCUT2D eigenvalue weighted by Crippen LogP contribution is 2.20. The molecule has 0 spiro atoms. The highest BCUT2D eigenvalue weighted by molar-refractivity contribution is 6.17. The van der Waals surface area contributed by atoms with Crippen molar-refractivity contribution in [1.82, 2.24) is 9.97 Å². The van der Waals surface area contributed by atoms with Crippen LogP contribution in [-0.2, 0) is 0 Å². The van der Waals surface area contributed by atoms with Gasteiger partial charge in [-0.2, -0.15) is 0 Å². The van der Waals surface area contributed by atoms with E-state index in [9.17, 15) is 0 Å². The average Bonchev–Trinajstić information content (AvgIpc) is 2.20. The summed E-state index contributed by atoms with van der Waals surface area (Å²) in [6, 6.07) is 0. The summed E-state index contributed by atoms with van der Waals surface area (Å²) in [5.74, 6) is 1.46. The average molecular weight is 214 g/mol. The Morgan fingerprint density at radius 2 is 2.29 bits per heavy atom. The minimum Gasteiger partial charge on any atom is -0.364 e. The van der Waals surface area contributed by atoms with Gasteiger partial charge in [-0.05, 0) is 19.8 Å². The summed E-state index contributed by atoms with van der Waals surface area (Å²) in [5, 5.41) is 3.35. The highest BCUT2D eigenvalue weighted by Gasteiger charge is 2.21. The van der Waals surface area contributed by atoms with E-state index in [2.05, 4.69) is 29.1 Å². The van der Waals surface area contributed by atoms with Crippen LogP contribution >= 0.6 is 11.6 Å². The third-order valence-corrected chi connectivity index (χ3v) is 2.61. The monoisotopic (exact) mass is 213 g/mol. The van der Waals surface area contributed by atoms with Gasteiger partial charge in [0.2, 0.25) is 0 Å². The molecule has 0 aliphatic rings. The van der Waals surface area contributed by atoms with Gasteiger partial charge < -0.3 is 5.32 Å². The van der Waals surface area contributed by atoms with Gasteiger partial charge in [-0.15, -0.1) is 11.6 Å². The number of rotatable bonds is 5. The van der Waals surface area contributed by atoms with Crippen molar-refractivity contribution in [2.24, 2.45) is 0 Å². The summed E-state index contributed by atoms with van der Waals surface area (Å²) in [6.45, 7) is 4.28. The molecule has 0 fully saturated rings. The summed E-state index contributed by atoms with van der Waals surface area (Å²) in [4.78, 5) is 8.18. The van der Waals surface area contributed by atoms with Crippen LogP contribution in [0.5, 0.6) is 0 Å². The van der Waals surface area contributed by atoms with Gasteiger partial charge in [-0.1, -0.05) is 6.92 Å². The van der Waals surface area contributed by atoms with E-state index < -0.39 is 0 Å². The van der Waals surface area contributed by atoms with E-state index in [-0.39, 0.29) is 5.54 Å². The standard InChI is InChI=1S/C10H16ClN3/c1-3-10(2,4-5-11)14-9-8-12-6-7-13-9/h6-8H,3-5H2,1-2H3,(H,13,14). The number of alkyl halides is 1. The van der Waals surface area contributed by atoms with Gasteiger partial charge in [0.1, 0.15) is 5.82 Å². The van der Waals surface area contributed by atoms with E-state index in [1.807, 2.05) is 0 Å². The Morgan fingerprint density at radius 3 is 2.79 bits per heavy atom. The van der Waals surface area contributed by atoms with Crippen molar-refractivity contribution in [1.29, 1.82) is 0 Å². The first kappa shape index (κ1) is 11.2. The zero-order chi connectivity index (χ0) is 10.4. The summed E-state index contributed by atoms with van der Waals surface area (Å²) in [6.07, 6.45) is 7.00. The fraction of sp³-hybridized carbons (Fsp3) is 0.600. The van der Waals surface area contributed by atoms with Gasteiger partial charge in [0.05, 0.1) is 6.20 Å². The Morgan fingerprint density at radius 1 is 1.50 bits per heavy atom. The molecule has 3 nitrogen and oxygen atoms in total. The lowest BCUT2D eigenvalue weighted by molar-refractivity contribution is 0.479. The van der Waals surface area contributed by atoms with Crippen molar-refractivity contribution in [2.75, 3.05) is 11.2 Å². The number of aromatic nitrogens is 2. The smallest absolute Gasteiger partial charge is 0.144 e. The van der Waals surface area contributed by atoms with Gasteiger partial charge in [0, 0.05) is 23.8 Å². The number of nitrogens with one attached hydrogen (secondary N) is 1. The first-order valence-electron chi connectivity index (χ1n) is 4.80. The Kier molecular flexibility index (Phi) is 4.14. The molecule has 0 amide bonds. The molecule has 0 aromatic carbocycles. The molecule has 1 unspecified atom stereocenters.